The Morgan fingerprint density at radius 1 is 1.09 bits per heavy atom. The molecule has 0 spiro atoms. The van der Waals surface area contributed by atoms with Crippen LogP contribution in [0.15, 0.2) is 73.1 Å². The molecular formula is C35H38N4O6S. The van der Waals surface area contributed by atoms with E-state index in [9.17, 15) is 18.0 Å². The monoisotopic (exact) mass is 642 g/mol. The van der Waals surface area contributed by atoms with Crippen molar-refractivity contribution in [3.05, 3.63) is 101 Å². The summed E-state index contributed by atoms with van der Waals surface area (Å²) in [5, 5.41) is 7.10. The van der Waals surface area contributed by atoms with E-state index < -0.39 is 21.8 Å². The number of amides is 2. The minimum atomic E-state index is -4.15. The molecule has 0 radical (unpaired) electrons. The third-order valence-electron chi connectivity index (χ3n) is 8.86. The maximum Gasteiger partial charge on any atom is 0.266 e. The highest BCUT2D eigenvalue weighted by atomic mass is 32.2. The SMILES string of the molecule is Cc1cccc(OCCCC(=O)N2C[C@H]3C[C@H]3c3c(-c4cnn(Cc5cccc(C(=O)NCCS(=O)(=O)O)c5)c4)cccc32)c1C. The van der Waals surface area contributed by atoms with Gasteiger partial charge in [-0.3, -0.25) is 18.8 Å². The Bertz CT molecular complexity index is 1890. The number of ether oxygens (including phenoxy) is 1. The zero-order chi connectivity index (χ0) is 32.4. The van der Waals surface area contributed by atoms with Crippen LogP contribution in [0.2, 0.25) is 0 Å². The van der Waals surface area contributed by atoms with Gasteiger partial charge in [-0.15, -0.1) is 0 Å². The first-order valence-corrected chi connectivity index (χ1v) is 17.2. The topological polar surface area (TPSA) is 131 Å². The van der Waals surface area contributed by atoms with Gasteiger partial charge in [0.15, 0.2) is 0 Å². The van der Waals surface area contributed by atoms with Gasteiger partial charge in [-0.1, -0.05) is 36.4 Å². The molecule has 10 nitrogen and oxygen atoms in total. The first kappa shape index (κ1) is 31.5. The van der Waals surface area contributed by atoms with E-state index in [1.807, 2.05) is 53.2 Å². The molecule has 2 heterocycles. The summed E-state index contributed by atoms with van der Waals surface area (Å²) in [6, 6.07) is 19.2. The largest absolute Gasteiger partial charge is 0.493 e. The summed E-state index contributed by atoms with van der Waals surface area (Å²) in [6.45, 7) is 5.60. The van der Waals surface area contributed by atoms with Gasteiger partial charge in [-0.2, -0.15) is 13.5 Å². The molecule has 0 saturated heterocycles. The Kier molecular flexibility index (Phi) is 8.97. The van der Waals surface area contributed by atoms with E-state index in [-0.39, 0.29) is 12.5 Å². The van der Waals surface area contributed by atoms with Gasteiger partial charge < -0.3 is 15.0 Å². The van der Waals surface area contributed by atoms with Gasteiger partial charge in [-0.05, 0) is 90.6 Å². The van der Waals surface area contributed by atoms with Crippen LogP contribution >= 0.6 is 0 Å². The maximum atomic E-state index is 13.5. The standard InChI is InChI=1S/C35H38N4O6S/c1-23-7-3-12-32(24(23)2)45-15-6-13-33(40)39-22-27-18-30(27)34-29(10-5-11-31(34)39)28-19-37-38(21-28)20-25-8-4-9-26(17-25)35(41)36-14-16-46(42,43)44/h3-5,7-12,17,19,21,27,30H,6,13-16,18,20,22H2,1-2H3,(H,36,41)(H,42,43,44)/t27-,30-/m1/s1. The fraction of sp³-hybridized carbons (Fsp3) is 0.343. The zero-order valence-electron chi connectivity index (χ0n) is 26.0. The van der Waals surface area contributed by atoms with Crippen molar-refractivity contribution in [3.8, 4) is 16.9 Å². The summed E-state index contributed by atoms with van der Waals surface area (Å²) < 4.78 is 38.6. The first-order valence-electron chi connectivity index (χ1n) is 15.5. The van der Waals surface area contributed by atoms with E-state index in [0.29, 0.717) is 43.4 Å². The summed E-state index contributed by atoms with van der Waals surface area (Å²) in [5.74, 6) is 0.913. The molecule has 2 amide bonds. The minimum absolute atomic E-state index is 0.117. The molecule has 1 aliphatic carbocycles. The number of nitrogens with one attached hydrogen (secondary N) is 1. The van der Waals surface area contributed by atoms with Crippen LogP contribution in [-0.4, -0.2) is 60.0 Å². The third-order valence-corrected chi connectivity index (χ3v) is 9.58. The van der Waals surface area contributed by atoms with Gasteiger partial charge in [0.1, 0.15) is 5.75 Å². The van der Waals surface area contributed by atoms with Gasteiger partial charge in [-0.25, -0.2) is 0 Å². The summed E-state index contributed by atoms with van der Waals surface area (Å²) in [6.07, 6.45) is 5.95. The normalized spacial score (nSPS) is 16.8. The molecule has 2 N–H and O–H groups in total. The van der Waals surface area contributed by atoms with Crippen LogP contribution in [0.25, 0.3) is 11.1 Å². The van der Waals surface area contributed by atoms with Gasteiger partial charge in [0.2, 0.25) is 5.91 Å². The molecule has 0 unspecified atom stereocenters. The second kappa shape index (κ2) is 13.1. The average molecular weight is 643 g/mol. The highest BCUT2D eigenvalue weighted by Crippen LogP contribution is 2.57. The van der Waals surface area contributed by atoms with Gasteiger partial charge in [0.05, 0.1) is 25.1 Å². The van der Waals surface area contributed by atoms with Crippen LogP contribution in [0.5, 0.6) is 5.75 Å². The molecule has 4 aromatic rings. The number of carbonyl (C=O) groups is 2. The fourth-order valence-corrected chi connectivity index (χ4v) is 6.57. The van der Waals surface area contributed by atoms with Crippen molar-refractivity contribution in [3.63, 3.8) is 0 Å². The van der Waals surface area contributed by atoms with Crippen molar-refractivity contribution in [2.24, 2.45) is 5.92 Å². The predicted octanol–water partition coefficient (Wildman–Crippen LogP) is 5.14. The molecule has 2 atom stereocenters. The van der Waals surface area contributed by atoms with Crippen LogP contribution in [0.1, 0.15) is 57.8 Å². The first-order chi connectivity index (χ1) is 22.1. The fourth-order valence-electron chi connectivity index (χ4n) is 6.21. The second-order valence-electron chi connectivity index (χ2n) is 12.2. The summed E-state index contributed by atoms with van der Waals surface area (Å²) in [7, 11) is -4.15. The van der Waals surface area contributed by atoms with E-state index in [2.05, 4.69) is 35.5 Å². The molecule has 2 aliphatic rings. The highest BCUT2D eigenvalue weighted by molar-refractivity contribution is 7.85. The number of aryl methyl sites for hydroxylation is 1. The van der Waals surface area contributed by atoms with Crippen LogP contribution in [0.4, 0.5) is 5.69 Å². The number of hydrogen-bond donors (Lipinski definition) is 2. The van der Waals surface area contributed by atoms with E-state index in [4.69, 9.17) is 9.29 Å². The lowest BCUT2D eigenvalue weighted by molar-refractivity contribution is -0.119. The lowest BCUT2D eigenvalue weighted by Crippen LogP contribution is -2.36. The van der Waals surface area contributed by atoms with Gasteiger partial charge in [0, 0.05) is 42.5 Å². The van der Waals surface area contributed by atoms with Crippen LogP contribution < -0.4 is 15.0 Å². The third kappa shape index (κ3) is 7.16. The Labute approximate surface area is 269 Å². The Morgan fingerprint density at radius 3 is 2.72 bits per heavy atom. The Morgan fingerprint density at radius 2 is 1.89 bits per heavy atom. The van der Waals surface area contributed by atoms with Crippen molar-refractivity contribution in [2.45, 2.75) is 45.6 Å². The molecule has 6 rings (SSSR count). The molecule has 240 valence electrons. The Hall–Kier alpha value is -4.48. The van der Waals surface area contributed by atoms with Crippen molar-refractivity contribution in [1.29, 1.82) is 0 Å². The number of benzene rings is 3. The molecule has 1 fully saturated rings. The zero-order valence-corrected chi connectivity index (χ0v) is 26.8. The minimum Gasteiger partial charge on any atom is -0.493 e. The number of nitrogens with zero attached hydrogens (tertiary/aromatic N) is 3. The summed E-state index contributed by atoms with van der Waals surface area (Å²) >= 11 is 0. The van der Waals surface area contributed by atoms with E-state index in [1.54, 1.807) is 18.2 Å². The smallest absolute Gasteiger partial charge is 0.266 e. The molecule has 3 aromatic carbocycles. The molecule has 11 heteroatoms. The number of anilines is 1. The summed E-state index contributed by atoms with van der Waals surface area (Å²) in [5.41, 5.74) is 7.80. The molecule has 1 aliphatic heterocycles. The molecule has 0 bridgehead atoms. The number of rotatable bonds is 12. The van der Waals surface area contributed by atoms with Crippen LogP contribution in [-0.2, 0) is 21.5 Å². The van der Waals surface area contributed by atoms with Crippen molar-refractivity contribution >= 4 is 27.6 Å². The lowest BCUT2D eigenvalue weighted by atomic mass is 9.92. The molecule has 1 aromatic heterocycles. The Balaban J connectivity index is 1.12. The molecule has 1 saturated carbocycles. The van der Waals surface area contributed by atoms with Crippen molar-refractivity contribution < 1.29 is 27.3 Å². The quantitative estimate of drug-likeness (QED) is 0.162. The van der Waals surface area contributed by atoms with Gasteiger partial charge >= 0.3 is 0 Å². The second-order valence-corrected chi connectivity index (χ2v) is 13.7. The van der Waals surface area contributed by atoms with Crippen LogP contribution in [0, 0.1) is 19.8 Å². The highest BCUT2D eigenvalue weighted by Gasteiger charge is 2.47. The number of fused-ring (bicyclic) bond motifs is 3. The van der Waals surface area contributed by atoms with Gasteiger partial charge in [0.25, 0.3) is 16.0 Å². The average Bonchev–Trinajstić information content (AvgIpc) is 3.68. The van der Waals surface area contributed by atoms with E-state index >= 15 is 0 Å². The number of aromatic nitrogens is 2. The lowest BCUT2D eigenvalue weighted by Gasteiger charge is -2.30. The van der Waals surface area contributed by atoms with E-state index in [1.165, 1.54) is 11.1 Å². The number of hydrogen-bond acceptors (Lipinski definition) is 6. The van der Waals surface area contributed by atoms with Crippen molar-refractivity contribution in [2.75, 3.05) is 30.3 Å². The van der Waals surface area contributed by atoms with Crippen molar-refractivity contribution in [1.82, 2.24) is 15.1 Å². The van der Waals surface area contributed by atoms with E-state index in [0.717, 1.165) is 46.7 Å². The number of carbonyl (C=O) groups excluding carboxylic acids is 2. The molecular weight excluding hydrogens is 604 g/mol. The van der Waals surface area contributed by atoms with Crippen LogP contribution in [0.3, 0.4) is 0 Å². The maximum absolute atomic E-state index is 13.5. The predicted molar refractivity (Wildman–Crippen MR) is 176 cm³/mol. The summed E-state index contributed by atoms with van der Waals surface area (Å²) in [4.78, 5) is 27.9. The molecule has 46 heavy (non-hydrogen) atoms.